The molecule has 0 aromatic heterocycles. The second-order valence-electron chi connectivity index (χ2n) is 18.1. The molecule has 0 aliphatic carbocycles. The van der Waals surface area contributed by atoms with Gasteiger partial charge in [0.15, 0.2) is 10.7 Å². The van der Waals surface area contributed by atoms with Crippen LogP contribution in [0.25, 0.3) is 0 Å². The van der Waals surface area contributed by atoms with Crippen LogP contribution in [0.3, 0.4) is 0 Å². The number of nitrogens with one attached hydrogen (secondary N) is 2. The number of carbonyl (C=O) groups is 3. The molecule has 2 heterocycles. The number of fused-ring (bicyclic) bond motifs is 6. The van der Waals surface area contributed by atoms with Crippen LogP contribution in [0.4, 0.5) is 5.69 Å². The predicted octanol–water partition coefficient (Wildman–Crippen LogP) is 10.7. The lowest BCUT2D eigenvalue weighted by Gasteiger charge is -2.36. The van der Waals surface area contributed by atoms with E-state index in [0.29, 0.717) is 70.7 Å². The summed E-state index contributed by atoms with van der Waals surface area (Å²) in [7, 11) is -1.22. The van der Waals surface area contributed by atoms with Crippen LogP contribution in [0.2, 0.25) is 0 Å². The summed E-state index contributed by atoms with van der Waals surface area (Å²) < 4.78 is 38.6. The van der Waals surface area contributed by atoms with E-state index in [0.717, 1.165) is 32.1 Å². The predicted molar refractivity (Wildman–Crippen MR) is 243 cm³/mol. The SMILES string of the molecule is CC(C)N(C(C)C)P(OCCC#N)OCCCCCCCNC(=S)Nc1ccc2c(c1)C(=O)OC21c2ccc(OC(=O)C(C)(C)C)cc2Oc2cc(OC(=O)C(C)(C)C)ccc21. The molecule has 0 bridgehead atoms. The number of nitrogens with zero attached hydrogens (tertiary/aromatic N) is 2. The van der Waals surface area contributed by atoms with Gasteiger partial charge in [0.1, 0.15) is 23.0 Å². The first kappa shape index (κ1) is 48.4. The molecule has 1 spiro atoms. The molecule has 2 aliphatic rings. The van der Waals surface area contributed by atoms with Crippen molar-refractivity contribution in [2.24, 2.45) is 10.8 Å². The number of hydrogen-bond acceptors (Lipinski definition) is 12. The van der Waals surface area contributed by atoms with E-state index in [-0.39, 0.29) is 23.6 Å². The van der Waals surface area contributed by atoms with Crippen molar-refractivity contribution in [1.82, 2.24) is 9.99 Å². The second kappa shape index (κ2) is 20.7. The first-order valence-electron chi connectivity index (χ1n) is 21.3. The molecule has 0 saturated carbocycles. The summed E-state index contributed by atoms with van der Waals surface area (Å²) in [6.07, 6.45) is 5.29. The van der Waals surface area contributed by atoms with Crippen LogP contribution in [0.5, 0.6) is 23.0 Å². The van der Waals surface area contributed by atoms with Gasteiger partial charge in [-0.15, -0.1) is 0 Å². The standard InChI is InChI=1S/C47H61N4O9PS/c1-30(2)51(31(3)4)61(56-26-16-23-48)55-25-15-13-11-12-14-24-49-44(62)50-32-17-20-36-35(27-32)41(52)60-47(36)37-21-18-33(57-42(53)45(5,6)7)28-39(37)59-40-29-34(19-22-38(40)47)58-43(54)46(8,9)10/h17-22,27-31H,11-16,24-26H2,1-10H3,(H2,49,50,62). The van der Waals surface area contributed by atoms with Gasteiger partial charge in [0.05, 0.1) is 42.1 Å². The van der Waals surface area contributed by atoms with Crippen molar-refractivity contribution in [3.05, 3.63) is 76.9 Å². The molecule has 0 fully saturated rings. The van der Waals surface area contributed by atoms with E-state index in [1.165, 1.54) is 0 Å². The Balaban J connectivity index is 1.23. The zero-order valence-corrected chi connectivity index (χ0v) is 39.3. The van der Waals surface area contributed by atoms with Gasteiger partial charge in [0.2, 0.25) is 0 Å². The van der Waals surface area contributed by atoms with Crippen LogP contribution in [0.1, 0.15) is 135 Å². The number of carbonyl (C=O) groups excluding carboxylic acids is 3. The molecule has 1 unspecified atom stereocenters. The third-order valence-corrected chi connectivity index (χ3v) is 12.5. The molecule has 3 aromatic carbocycles. The van der Waals surface area contributed by atoms with Crippen LogP contribution >= 0.6 is 20.7 Å². The Bertz CT molecular complexity index is 2070. The molecule has 5 rings (SSSR count). The van der Waals surface area contributed by atoms with E-state index in [1.54, 1.807) is 84.0 Å². The van der Waals surface area contributed by atoms with E-state index in [4.69, 9.17) is 45.5 Å². The molecule has 0 saturated heterocycles. The normalized spacial score (nSPS) is 14.4. The molecule has 0 amide bonds. The molecule has 0 radical (unpaired) electrons. The minimum atomic E-state index is -1.42. The highest BCUT2D eigenvalue weighted by atomic mass is 32.1. The summed E-state index contributed by atoms with van der Waals surface area (Å²) in [5.74, 6) is -0.247. The molecule has 13 nitrogen and oxygen atoms in total. The Morgan fingerprint density at radius 3 is 1.87 bits per heavy atom. The largest absolute Gasteiger partial charge is 0.456 e. The quantitative estimate of drug-likeness (QED) is 0.0409. The molecule has 15 heteroatoms. The van der Waals surface area contributed by atoms with Crippen LogP contribution < -0.4 is 24.8 Å². The van der Waals surface area contributed by atoms with E-state index in [1.807, 2.05) is 12.1 Å². The lowest BCUT2D eigenvalue weighted by molar-refractivity contribution is -0.143. The summed E-state index contributed by atoms with van der Waals surface area (Å²) in [4.78, 5) is 39.5. The van der Waals surface area contributed by atoms with Gasteiger partial charge in [0.25, 0.3) is 8.53 Å². The van der Waals surface area contributed by atoms with Crippen molar-refractivity contribution < 1.29 is 42.4 Å². The topological polar surface area (TPSA) is 158 Å². The Morgan fingerprint density at radius 2 is 1.32 bits per heavy atom. The van der Waals surface area contributed by atoms with Crippen LogP contribution in [-0.4, -0.2) is 59.5 Å². The highest BCUT2D eigenvalue weighted by Gasteiger charge is 2.54. The van der Waals surface area contributed by atoms with Crippen molar-refractivity contribution in [3.63, 3.8) is 0 Å². The van der Waals surface area contributed by atoms with Gasteiger partial charge in [-0.05, 0) is 131 Å². The number of anilines is 1. The maximum Gasteiger partial charge on any atom is 0.340 e. The monoisotopic (exact) mass is 888 g/mol. The highest BCUT2D eigenvalue weighted by Crippen LogP contribution is 2.57. The lowest BCUT2D eigenvalue weighted by Crippen LogP contribution is -2.33. The summed E-state index contributed by atoms with van der Waals surface area (Å²) in [5, 5.41) is 15.9. The summed E-state index contributed by atoms with van der Waals surface area (Å²) in [6, 6.07) is 18.0. The average molecular weight is 889 g/mol. The first-order valence-corrected chi connectivity index (χ1v) is 22.9. The first-order chi connectivity index (χ1) is 29.3. The smallest absolute Gasteiger partial charge is 0.340 e. The Labute approximate surface area is 373 Å². The number of benzene rings is 3. The number of ether oxygens (including phenoxy) is 4. The van der Waals surface area contributed by atoms with Crippen molar-refractivity contribution >= 4 is 49.5 Å². The second-order valence-corrected chi connectivity index (χ2v) is 19.9. The molecule has 1 atom stereocenters. The maximum absolute atomic E-state index is 13.8. The van der Waals surface area contributed by atoms with Gasteiger partial charge < -0.3 is 38.6 Å². The maximum atomic E-state index is 13.8. The van der Waals surface area contributed by atoms with E-state index in [2.05, 4.69) is 49.1 Å². The molecule has 334 valence electrons. The molecular formula is C47H61N4O9PS. The molecule has 62 heavy (non-hydrogen) atoms. The van der Waals surface area contributed by atoms with E-state index < -0.39 is 42.9 Å². The Hall–Kier alpha value is -4.64. The average Bonchev–Trinajstić information content (AvgIpc) is 3.47. The molecule has 2 N–H and O–H groups in total. The van der Waals surface area contributed by atoms with Crippen LogP contribution in [0, 0.1) is 22.2 Å². The minimum absolute atomic E-state index is 0.261. The fourth-order valence-electron chi connectivity index (χ4n) is 7.00. The molecular weight excluding hydrogens is 828 g/mol. The summed E-state index contributed by atoms with van der Waals surface area (Å²) in [6.45, 7) is 20.8. The number of hydrogen-bond donors (Lipinski definition) is 2. The number of thiocarbonyl (C=S) groups is 1. The van der Waals surface area contributed by atoms with Crippen molar-refractivity contribution in [2.45, 2.75) is 125 Å². The number of nitriles is 1. The number of unbranched alkanes of at least 4 members (excludes halogenated alkanes) is 4. The van der Waals surface area contributed by atoms with Gasteiger partial charge in [0, 0.05) is 53.1 Å². The van der Waals surface area contributed by atoms with Gasteiger partial charge >= 0.3 is 17.9 Å². The number of rotatable bonds is 18. The zero-order chi connectivity index (χ0) is 45.4. The molecule has 3 aromatic rings. The van der Waals surface area contributed by atoms with E-state index >= 15 is 0 Å². The van der Waals surface area contributed by atoms with Crippen LogP contribution in [-0.2, 0) is 29.0 Å². The lowest BCUT2D eigenvalue weighted by atomic mass is 9.77. The number of esters is 3. The van der Waals surface area contributed by atoms with Gasteiger partial charge in [-0.2, -0.15) is 5.26 Å². The zero-order valence-electron chi connectivity index (χ0n) is 37.6. The Morgan fingerprint density at radius 1 is 0.790 bits per heavy atom. The van der Waals surface area contributed by atoms with Gasteiger partial charge in [-0.3, -0.25) is 9.59 Å². The van der Waals surface area contributed by atoms with Crippen molar-refractivity contribution in [2.75, 3.05) is 25.1 Å². The fourth-order valence-corrected chi connectivity index (χ4v) is 8.85. The summed E-state index contributed by atoms with van der Waals surface area (Å²) in [5.41, 5.74) is -0.307. The van der Waals surface area contributed by atoms with Crippen molar-refractivity contribution in [1.29, 1.82) is 5.26 Å². The fraction of sp³-hybridized carbons (Fsp3) is 0.511. The molecule has 2 aliphatic heterocycles. The summed E-state index contributed by atoms with van der Waals surface area (Å²) >= 11 is 5.63. The van der Waals surface area contributed by atoms with Gasteiger partial charge in [-0.1, -0.05) is 25.3 Å². The van der Waals surface area contributed by atoms with Gasteiger partial charge in [-0.25, -0.2) is 9.46 Å². The van der Waals surface area contributed by atoms with E-state index in [9.17, 15) is 14.4 Å². The van der Waals surface area contributed by atoms with Crippen molar-refractivity contribution in [3.8, 4) is 29.1 Å². The third-order valence-electron chi connectivity index (χ3n) is 10.1. The Kier molecular flexibility index (Phi) is 16.2. The third kappa shape index (κ3) is 11.7. The highest BCUT2D eigenvalue weighted by molar-refractivity contribution is 7.80. The van der Waals surface area contributed by atoms with Crippen LogP contribution in [0.15, 0.2) is 54.6 Å². The minimum Gasteiger partial charge on any atom is -0.456 e.